The van der Waals surface area contributed by atoms with Crippen LogP contribution in [0.4, 0.5) is 5.82 Å². The van der Waals surface area contributed by atoms with Crippen LogP contribution in [0, 0.1) is 18.3 Å². The third kappa shape index (κ3) is 2.22. The van der Waals surface area contributed by atoms with Crippen LogP contribution >= 0.6 is 0 Å². The van der Waals surface area contributed by atoms with Gasteiger partial charge in [-0.05, 0) is 13.3 Å². The highest BCUT2D eigenvalue weighted by Gasteiger charge is 2.28. The molecule has 7 heteroatoms. The van der Waals surface area contributed by atoms with E-state index in [1.165, 1.54) is 5.56 Å². The fraction of sp³-hybridized carbons (Fsp3) is 0.500. The van der Waals surface area contributed by atoms with E-state index in [0.717, 1.165) is 24.5 Å². The fourth-order valence-electron chi connectivity index (χ4n) is 2.76. The number of nitrogens with zero attached hydrogens (tertiary/aromatic N) is 5. The zero-order valence-corrected chi connectivity index (χ0v) is 12.3. The second kappa shape index (κ2) is 5.31. The van der Waals surface area contributed by atoms with Gasteiger partial charge in [-0.1, -0.05) is 0 Å². The number of methoxy groups -OCH3 is 2. The maximum atomic E-state index is 9.04. The summed E-state index contributed by atoms with van der Waals surface area (Å²) in [7, 11) is 3.25. The molecular formula is C14H17N5O2. The van der Waals surface area contributed by atoms with Gasteiger partial charge >= 0.3 is 0 Å². The first-order chi connectivity index (χ1) is 10.2. The normalized spacial score (nSPS) is 14.0. The molecule has 0 aromatic carbocycles. The van der Waals surface area contributed by atoms with Crippen LogP contribution in [0.2, 0.25) is 0 Å². The maximum Gasteiger partial charge on any atom is 0.174 e. The van der Waals surface area contributed by atoms with E-state index in [-0.39, 0.29) is 6.29 Å². The molecule has 7 nitrogen and oxygen atoms in total. The number of aromatic nitrogens is 3. The summed E-state index contributed by atoms with van der Waals surface area (Å²) in [5.74, 6) is 0.984. The van der Waals surface area contributed by atoms with Gasteiger partial charge in [-0.3, -0.25) is 0 Å². The first kappa shape index (κ1) is 13.8. The van der Waals surface area contributed by atoms with Gasteiger partial charge in [-0.15, -0.1) is 0 Å². The molecular weight excluding hydrogens is 270 g/mol. The van der Waals surface area contributed by atoms with Crippen molar-refractivity contribution in [1.82, 2.24) is 14.6 Å². The molecule has 1 aliphatic rings. The highest BCUT2D eigenvalue weighted by atomic mass is 16.7. The number of aryl methyl sites for hydroxylation is 1. The predicted molar refractivity (Wildman–Crippen MR) is 76.2 cm³/mol. The molecule has 0 saturated heterocycles. The van der Waals surface area contributed by atoms with Crippen LogP contribution in [0.1, 0.15) is 17.0 Å². The lowest BCUT2D eigenvalue weighted by molar-refractivity contribution is -0.0948. The average Bonchev–Trinajstić information content (AvgIpc) is 3.08. The number of rotatable bonds is 4. The van der Waals surface area contributed by atoms with Crippen molar-refractivity contribution in [2.24, 2.45) is 0 Å². The predicted octanol–water partition coefficient (Wildman–Crippen LogP) is 0.891. The van der Waals surface area contributed by atoms with Gasteiger partial charge in [0, 0.05) is 38.1 Å². The van der Waals surface area contributed by atoms with Crippen molar-refractivity contribution in [2.45, 2.75) is 19.6 Å². The van der Waals surface area contributed by atoms with Crippen molar-refractivity contribution in [1.29, 1.82) is 5.26 Å². The Kier molecular flexibility index (Phi) is 3.49. The minimum Gasteiger partial charge on any atom is -0.354 e. The van der Waals surface area contributed by atoms with Crippen LogP contribution in [0.25, 0.3) is 5.65 Å². The lowest BCUT2D eigenvalue weighted by atomic mass is 10.2. The quantitative estimate of drug-likeness (QED) is 0.777. The highest BCUT2D eigenvalue weighted by Crippen LogP contribution is 2.30. The smallest absolute Gasteiger partial charge is 0.174 e. The third-order valence-corrected chi connectivity index (χ3v) is 3.82. The summed E-state index contributed by atoms with van der Waals surface area (Å²) in [5, 5.41) is 13.4. The summed E-state index contributed by atoms with van der Waals surface area (Å²) in [6.07, 6.45) is 0.608. The van der Waals surface area contributed by atoms with Crippen LogP contribution in [-0.2, 0) is 15.9 Å². The maximum absolute atomic E-state index is 9.04. The van der Waals surface area contributed by atoms with Gasteiger partial charge in [0.25, 0.3) is 0 Å². The van der Waals surface area contributed by atoms with E-state index in [1.807, 2.05) is 6.92 Å². The Morgan fingerprint density at radius 2 is 2.19 bits per heavy atom. The Balaban J connectivity index is 2.09. The summed E-state index contributed by atoms with van der Waals surface area (Å²) in [5.41, 5.74) is 3.22. The topological polar surface area (TPSA) is 75.7 Å². The van der Waals surface area contributed by atoms with Crippen molar-refractivity contribution >= 4 is 11.5 Å². The Morgan fingerprint density at radius 1 is 1.43 bits per heavy atom. The summed E-state index contributed by atoms with van der Waals surface area (Å²) in [6, 6.07) is 3.77. The summed E-state index contributed by atoms with van der Waals surface area (Å²) < 4.78 is 12.3. The zero-order chi connectivity index (χ0) is 15.0. The molecule has 3 heterocycles. The molecule has 2 aromatic heterocycles. The first-order valence-corrected chi connectivity index (χ1v) is 6.77. The van der Waals surface area contributed by atoms with Crippen LogP contribution in [0.5, 0.6) is 0 Å². The number of anilines is 1. The van der Waals surface area contributed by atoms with E-state index in [9.17, 15) is 0 Å². The SMILES string of the molecule is COC(CN1CCc2c(C)nc3cc(C#N)nn3c21)OC. The zero-order valence-electron chi connectivity index (χ0n) is 12.3. The van der Waals surface area contributed by atoms with E-state index >= 15 is 0 Å². The van der Waals surface area contributed by atoms with Gasteiger partial charge in [0.15, 0.2) is 17.6 Å². The lowest BCUT2D eigenvalue weighted by Crippen LogP contribution is -2.34. The van der Waals surface area contributed by atoms with Crippen molar-refractivity contribution in [2.75, 3.05) is 32.2 Å². The van der Waals surface area contributed by atoms with Gasteiger partial charge in [-0.2, -0.15) is 14.9 Å². The molecule has 1 aliphatic heterocycles. The number of hydrogen-bond donors (Lipinski definition) is 0. The summed E-state index contributed by atoms with van der Waals surface area (Å²) in [4.78, 5) is 6.70. The summed E-state index contributed by atoms with van der Waals surface area (Å²) in [6.45, 7) is 3.47. The van der Waals surface area contributed by atoms with Gasteiger partial charge in [0.1, 0.15) is 11.9 Å². The standard InChI is InChI=1S/C14H17N5O2/c1-9-11-4-5-18(8-13(20-2)21-3)14(11)19-12(16-9)6-10(7-15)17-19/h6,13H,4-5,8H2,1-3H3. The van der Waals surface area contributed by atoms with Crippen molar-refractivity contribution in [3.05, 3.63) is 23.0 Å². The second-order valence-electron chi connectivity index (χ2n) is 5.01. The minimum absolute atomic E-state index is 0.300. The van der Waals surface area contributed by atoms with E-state index in [4.69, 9.17) is 14.7 Å². The van der Waals surface area contributed by atoms with E-state index in [2.05, 4.69) is 21.1 Å². The molecule has 3 rings (SSSR count). The number of fused-ring (bicyclic) bond motifs is 3. The number of nitriles is 1. The highest BCUT2D eigenvalue weighted by molar-refractivity contribution is 5.61. The monoisotopic (exact) mass is 287 g/mol. The van der Waals surface area contributed by atoms with Crippen LogP contribution < -0.4 is 4.90 Å². The molecule has 0 bridgehead atoms. The molecule has 0 unspecified atom stereocenters. The third-order valence-electron chi connectivity index (χ3n) is 3.82. The molecule has 0 aliphatic carbocycles. The fourth-order valence-corrected chi connectivity index (χ4v) is 2.76. The number of ether oxygens (including phenoxy) is 2. The Bertz CT molecular complexity index is 714. The molecule has 0 amide bonds. The van der Waals surface area contributed by atoms with E-state index in [0.29, 0.717) is 17.9 Å². The van der Waals surface area contributed by atoms with Gasteiger partial charge in [0.2, 0.25) is 0 Å². The largest absolute Gasteiger partial charge is 0.354 e. The number of hydrogen-bond acceptors (Lipinski definition) is 6. The Labute approximate surface area is 122 Å². The molecule has 110 valence electrons. The molecule has 0 N–H and O–H groups in total. The van der Waals surface area contributed by atoms with Gasteiger partial charge in [-0.25, -0.2) is 4.98 Å². The minimum atomic E-state index is -0.300. The molecule has 0 radical (unpaired) electrons. The van der Waals surface area contributed by atoms with Crippen LogP contribution in [0.15, 0.2) is 6.07 Å². The van der Waals surface area contributed by atoms with Gasteiger partial charge < -0.3 is 14.4 Å². The second-order valence-corrected chi connectivity index (χ2v) is 5.01. The van der Waals surface area contributed by atoms with Crippen LogP contribution in [-0.4, -0.2) is 48.2 Å². The molecule has 2 aromatic rings. The van der Waals surface area contributed by atoms with Crippen molar-refractivity contribution in [3.8, 4) is 6.07 Å². The average molecular weight is 287 g/mol. The molecule has 0 saturated carbocycles. The van der Waals surface area contributed by atoms with Gasteiger partial charge in [0.05, 0.1) is 6.54 Å². The van der Waals surface area contributed by atoms with Crippen molar-refractivity contribution in [3.63, 3.8) is 0 Å². The van der Waals surface area contributed by atoms with E-state index < -0.39 is 0 Å². The Morgan fingerprint density at radius 3 is 2.86 bits per heavy atom. The molecule has 0 fully saturated rings. The van der Waals surface area contributed by atoms with Crippen LogP contribution in [0.3, 0.4) is 0 Å². The molecule has 0 spiro atoms. The molecule has 0 atom stereocenters. The van der Waals surface area contributed by atoms with E-state index in [1.54, 1.807) is 24.8 Å². The first-order valence-electron chi connectivity index (χ1n) is 6.77. The Hall–Kier alpha value is -2.17. The summed E-state index contributed by atoms with van der Waals surface area (Å²) >= 11 is 0. The molecule has 21 heavy (non-hydrogen) atoms. The lowest BCUT2D eigenvalue weighted by Gasteiger charge is -2.24. The van der Waals surface area contributed by atoms with Crippen molar-refractivity contribution < 1.29 is 9.47 Å².